The molecule has 82 valence electrons. The third-order valence-electron chi connectivity index (χ3n) is 2.49. The van der Waals surface area contributed by atoms with Gasteiger partial charge in [0.15, 0.2) is 0 Å². The quantitative estimate of drug-likeness (QED) is 0.883. The minimum Gasteiger partial charge on any atom is -0.384 e. The molecule has 0 spiro atoms. The lowest BCUT2D eigenvalue weighted by molar-refractivity contribution is 0.957. The molecule has 3 heteroatoms. The standard InChI is InChI=1S/C13H13ClN2/c14-12-4-2-1-3-11(12)6-5-10-7-8-16-13(15)9-10/h1-4,7-9H,5-6H2,(H2,15,16). The summed E-state index contributed by atoms with van der Waals surface area (Å²) in [6.07, 6.45) is 3.58. The number of hydrogen-bond acceptors (Lipinski definition) is 2. The van der Waals surface area contributed by atoms with Gasteiger partial charge in [-0.3, -0.25) is 0 Å². The molecule has 2 nitrogen and oxygen atoms in total. The fourth-order valence-corrected chi connectivity index (χ4v) is 1.86. The average Bonchev–Trinajstić information content (AvgIpc) is 2.28. The maximum atomic E-state index is 6.08. The van der Waals surface area contributed by atoms with Gasteiger partial charge in [0, 0.05) is 11.2 Å². The molecule has 0 atom stereocenters. The summed E-state index contributed by atoms with van der Waals surface area (Å²) in [6, 6.07) is 11.8. The van der Waals surface area contributed by atoms with Crippen molar-refractivity contribution in [3.05, 3.63) is 58.7 Å². The average molecular weight is 233 g/mol. The fourth-order valence-electron chi connectivity index (χ4n) is 1.63. The second kappa shape index (κ2) is 4.99. The smallest absolute Gasteiger partial charge is 0.123 e. The Hall–Kier alpha value is -1.54. The number of aryl methyl sites for hydroxylation is 2. The summed E-state index contributed by atoms with van der Waals surface area (Å²) in [5, 5.41) is 0.824. The molecule has 0 amide bonds. The molecule has 0 aliphatic carbocycles. The summed E-state index contributed by atoms with van der Waals surface area (Å²) in [4.78, 5) is 3.96. The molecule has 0 saturated carbocycles. The van der Waals surface area contributed by atoms with Crippen LogP contribution < -0.4 is 5.73 Å². The molecule has 0 fully saturated rings. The summed E-state index contributed by atoms with van der Waals surface area (Å²) < 4.78 is 0. The van der Waals surface area contributed by atoms with Gasteiger partial charge in [-0.05, 0) is 42.2 Å². The Kier molecular flexibility index (Phi) is 3.42. The van der Waals surface area contributed by atoms with Crippen LogP contribution in [0.15, 0.2) is 42.6 Å². The molecule has 0 aliphatic heterocycles. The van der Waals surface area contributed by atoms with Crippen LogP contribution in [0.3, 0.4) is 0 Å². The molecule has 1 aromatic carbocycles. The zero-order valence-corrected chi connectivity index (χ0v) is 9.61. The van der Waals surface area contributed by atoms with E-state index < -0.39 is 0 Å². The number of aromatic nitrogens is 1. The molecule has 0 unspecified atom stereocenters. The van der Waals surface area contributed by atoms with E-state index in [0.717, 1.165) is 17.9 Å². The van der Waals surface area contributed by atoms with Gasteiger partial charge in [-0.25, -0.2) is 4.98 Å². The normalized spacial score (nSPS) is 10.3. The zero-order chi connectivity index (χ0) is 11.4. The molecule has 0 bridgehead atoms. The molecule has 0 radical (unpaired) electrons. The van der Waals surface area contributed by atoms with Crippen LogP contribution in [0.2, 0.25) is 5.02 Å². The second-order valence-corrected chi connectivity index (χ2v) is 4.09. The van der Waals surface area contributed by atoms with E-state index in [1.54, 1.807) is 6.20 Å². The predicted molar refractivity (Wildman–Crippen MR) is 67.5 cm³/mol. The molecule has 2 rings (SSSR count). The van der Waals surface area contributed by atoms with Crippen LogP contribution in [0, 0.1) is 0 Å². The van der Waals surface area contributed by atoms with Crippen LogP contribution in [-0.2, 0) is 12.8 Å². The summed E-state index contributed by atoms with van der Waals surface area (Å²) in [6.45, 7) is 0. The van der Waals surface area contributed by atoms with Crippen molar-refractivity contribution in [2.24, 2.45) is 0 Å². The predicted octanol–water partition coefficient (Wildman–Crippen LogP) is 3.10. The van der Waals surface area contributed by atoms with E-state index in [0.29, 0.717) is 5.82 Å². The molecule has 0 saturated heterocycles. The van der Waals surface area contributed by atoms with E-state index >= 15 is 0 Å². The lowest BCUT2D eigenvalue weighted by Crippen LogP contribution is -1.95. The number of anilines is 1. The van der Waals surface area contributed by atoms with E-state index in [1.165, 1.54) is 11.1 Å². The van der Waals surface area contributed by atoms with Crippen LogP contribution in [-0.4, -0.2) is 4.98 Å². The van der Waals surface area contributed by atoms with E-state index in [9.17, 15) is 0 Å². The molecule has 2 N–H and O–H groups in total. The van der Waals surface area contributed by atoms with Gasteiger partial charge in [0.2, 0.25) is 0 Å². The minimum absolute atomic E-state index is 0.566. The topological polar surface area (TPSA) is 38.9 Å². The number of hydrogen-bond donors (Lipinski definition) is 1. The lowest BCUT2D eigenvalue weighted by Gasteiger charge is -2.04. The van der Waals surface area contributed by atoms with E-state index in [4.69, 9.17) is 17.3 Å². The molecule has 16 heavy (non-hydrogen) atoms. The van der Waals surface area contributed by atoms with Crippen molar-refractivity contribution in [3.8, 4) is 0 Å². The monoisotopic (exact) mass is 232 g/mol. The first-order chi connectivity index (χ1) is 7.75. The lowest BCUT2D eigenvalue weighted by atomic mass is 10.1. The Morgan fingerprint density at radius 3 is 2.69 bits per heavy atom. The molecule has 1 aromatic heterocycles. The zero-order valence-electron chi connectivity index (χ0n) is 8.86. The van der Waals surface area contributed by atoms with Gasteiger partial charge >= 0.3 is 0 Å². The number of nitrogens with two attached hydrogens (primary N) is 1. The number of nitrogen functional groups attached to an aromatic ring is 1. The van der Waals surface area contributed by atoms with Crippen molar-refractivity contribution in [3.63, 3.8) is 0 Å². The SMILES string of the molecule is Nc1cc(CCc2ccccc2Cl)ccn1. The Balaban J connectivity index is 2.05. The van der Waals surface area contributed by atoms with Crippen molar-refractivity contribution < 1.29 is 0 Å². The number of benzene rings is 1. The molecule has 2 aromatic rings. The van der Waals surface area contributed by atoms with Gasteiger partial charge in [-0.1, -0.05) is 29.8 Å². The summed E-state index contributed by atoms with van der Waals surface area (Å²) in [7, 11) is 0. The van der Waals surface area contributed by atoms with Crippen LogP contribution in [0.1, 0.15) is 11.1 Å². The van der Waals surface area contributed by atoms with Crippen molar-refractivity contribution in [2.45, 2.75) is 12.8 Å². The van der Waals surface area contributed by atoms with Gasteiger partial charge in [-0.2, -0.15) is 0 Å². The fraction of sp³-hybridized carbons (Fsp3) is 0.154. The Labute approximate surface area is 100 Å². The molecule has 1 heterocycles. The van der Waals surface area contributed by atoms with Gasteiger partial charge in [0.05, 0.1) is 0 Å². The Bertz CT molecular complexity index is 483. The van der Waals surface area contributed by atoms with E-state index in [2.05, 4.69) is 4.98 Å². The van der Waals surface area contributed by atoms with Gasteiger partial charge in [-0.15, -0.1) is 0 Å². The van der Waals surface area contributed by atoms with Crippen molar-refractivity contribution in [1.29, 1.82) is 0 Å². The van der Waals surface area contributed by atoms with Crippen LogP contribution in [0.25, 0.3) is 0 Å². The van der Waals surface area contributed by atoms with Gasteiger partial charge < -0.3 is 5.73 Å². The summed E-state index contributed by atoms with van der Waals surface area (Å²) in [5.41, 5.74) is 7.97. The summed E-state index contributed by atoms with van der Waals surface area (Å²) in [5.74, 6) is 0.566. The number of halogens is 1. The van der Waals surface area contributed by atoms with Crippen LogP contribution in [0.5, 0.6) is 0 Å². The first-order valence-corrected chi connectivity index (χ1v) is 5.57. The van der Waals surface area contributed by atoms with Gasteiger partial charge in [0.25, 0.3) is 0 Å². The van der Waals surface area contributed by atoms with Gasteiger partial charge in [0.1, 0.15) is 5.82 Å². The van der Waals surface area contributed by atoms with E-state index in [1.807, 2.05) is 36.4 Å². The highest BCUT2D eigenvalue weighted by Crippen LogP contribution is 2.17. The third kappa shape index (κ3) is 2.74. The summed E-state index contributed by atoms with van der Waals surface area (Å²) >= 11 is 6.08. The number of pyridine rings is 1. The Morgan fingerprint density at radius 1 is 1.12 bits per heavy atom. The Morgan fingerprint density at radius 2 is 1.94 bits per heavy atom. The first-order valence-electron chi connectivity index (χ1n) is 5.19. The third-order valence-corrected chi connectivity index (χ3v) is 2.86. The maximum Gasteiger partial charge on any atom is 0.123 e. The highest BCUT2D eigenvalue weighted by Gasteiger charge is 2.00. The number of nitrogens with zero attached hydrogens (tertiary/aromatic N) is 1. The molecular weight excluding hydrogens is 220 g/mol. The highest BCUT2D eigenvalue weighted by atomic mass is 35.5. The van der Waals surface area contributed by atoms with Crippen LogP contribution >= 0.6 is 11.6 Å². The highest BCUT2D eigenvalue weighted by molar-refractivity contribution is 6.31. The van der Waals surface area contributed by atoms with Crippen LogP contribution in [0.4, 0.5) is 5.82 Å². The molecular formula is C13H13ClN2. The maximum absolute atomic E-state index is 6.08. The first kappa shape index (κ1) is 11.0. The minimum atomic E-state index is 0.566. The van der Waals surface area contributed by atoms with Crippen molar-refractivity contribution in [1.82, 2.24) is 4.98 Å². The van der Waals surface area contributed by atoms with E-state index in [-0.39, 0.29) is 0 Å². The van der Waals surface area contributed by atoms with Crippen molar-refractivity contribution in [2.75, 3.05) is 5.73 Å². The number of rotatable bonds is 3. The molecule has 0 aliphatic rings. The van der Waals surface area contributed by atoms with Crippen molar-refractivity contribution >= 4 is 17.4 Å². The second-order valence-electron chi connectivity index (χ2n) is 3.68. The largest absolute Gasteiger partial charge is 0.384 e.